The van der Waals surface area contributed by atoms with Crippen molar-refractivity contribution in [1.29, 1.82) is 0 Å². The second-order valence-electron chi connectivity index (χ2n) is 6.16. The summed E-state index contributed by atoms with van der Waals surface area (Å²) in [6, 6.07) is 12.1. The zero-order valence-electron chi connectivity index (χ0n) is 12.7. The van der Waals surface area contributed by atoms with Crippen LogP contribution in [0.1, 0.15) is 38.3 Å². The van der Waals surface area contributed by atoms with Crippen molar-refractivity contribution in [3.63, 3.8) is 0 Å². The Bertz CT molecular complexity index is 690. The third-order valence-electron chi connectivity index (χ3n) is 3.86. The number of carbonyl (C=O) groups is 1. The number of aliphatic carboxylic acids is 1. The Labute approximate surface area is 134 Å². The van der Waals surface area contributed by atoms with Crippen LogP contribution in [0.2, 0.25) is 0 Å². The fourth-order valence-corrected chi connectivity index (χ4v) is 3.38. The highest BCUT2D eigenvalue weighted by Crippen LogP contribution is 2.41. The maximum absolute atomic E-state index is 11.4. The molecule has 1 saturated carbocycles. The van der Waals surface area contributed by atoms with Crippen LogP contribution in [0.3, 0.4) is 0 Å². The molecule has 114 valence electrons. The lowest BCUT2D eigenvalue weighted by Crippen LogP contribution is -2.26. The molecule has 1 aliphatic rings. The van der Waals surface area contributed by atoms with Crippen molar-refractivity contribution in [2.75, 3.05) is 0 Å². The number of rotatable bonds is 5. The highest BCUT2D eigenvalue weighted by Gasteiger charge is 2.29. The summed E-state index contributed by atoms with van der Waals surface area (Å²) in [5.74, 6) is -0.167. The fourth-order valence-electron chi connectivity index (χ4n) is 2.30. The van der Waals surface area contributed by atoms with E-state index in [0.717, 1.165) is 16.0 Å². The Morgan fingerprint density at radius 1 is 1.23 bits per heavy atom. The van der Waals surface area contributed by atoms with Gasteiger partial charge in [-0.1, -0.05) is 24.3 Å². The summed E-state index contributed by atoms with van der Waals surface area (Å²) in [6.07, 6.45) is 4.39. The zero-order valence-corrected chi connectivity index (χ0v) is 13.6. The first-order chi connectivity index (χ1) is 10.5. The van der Waals surface area contributed by atoms with Gasteiger partial charge in [0.15, 0.2) is 0 Å². The number of pyridine rings is 1. The molecule has 0 radical (unpaired) electrons. The molecular weight excluding hydrogens is 294 g/mol. The number of thioether (sulfide) groups is 1. The molecule has 0 saturated heterocycles. The van der Waals surface area contributed by atoms with Gasteiger partial charge in [-0.05, 0) is 44.4 Å². The summed E-state index contributed by atoms with van der Waals surface area (Å²) in [5.41, 5.74) is 3.24. The predicted molar refractivity (Wildman–Crippen MR) is 89.2 cm³/mol. The zero-order chi connectivity index (χ0) is 15.7. The quantitative estimate of drug-likeness (QED) is 0.821. The minimum Gasteiger partial charge on any atom is -0.480 e. The molecule has 22 heavy (non-hydrogen) atoms. The highest BCUT2D eigenvalue weighted by atomic mass is 32.2. The fraction of sp³-hybridized carbons (Fsp3) is 0.333. The Balaban J connectivity index is 1.91. The number of nitrogens with zero attached hydrogens (tertiary/aromatic N) is 1. The molecule has 1 fully saturated rings. The van der Waals surface area contributed by atoms with Gasteiger partial charge in [0.1, 0.15) is 4.75 Å². The van der Waals surface area contributed by atoms with Crippen molar-refractivity contribution in [1.82, 2.24) is 4.98 Å². The van der Waals surface area contributed by atoms with Crippen LogP contribution < -0.4 is 0 Å². The molecule has 4 heteroatoms. The van der Waals surface area contributed by atoms with Gasteiger partial charge in [-0.2, -0.15) is 0 Å². The lowest BCUT2D eigenvalue weighted by molar-refractivity contribution is -0.138. The van der Waals surface area contributed by atoms with E-state index in [1.165, 1.54) is 30.3 Å². The van der Waals surface area contributed by atoms with E-state index in [2.05, 4.69) is 17.1 Å². The van der Waals surface area contributed by atoms with Gasteiger partial charge in [0.2, 0.25) is 0 Å². The number of hydrogen-bond acceptors (Lipinski definition) is 3. The minimum absolute atomic E-state index is 0.643. The molecule has 1 heterocycles. The lowest BCUT2D eigenvalue weighted by atomic mass is 10.1. The Morgan fingerprint density at radius 3 is 2.55 bits per heavy atom. The number of benzene rings is 1. The van der Waals surface area contributed by atoms with Gasteiger partial charge in [0.25, 0.3) is 0 Å². The molecular formula is C18H19NO2S. The second-order valence-corrected chi connectivity index (χ2v) is 7.82. The van der Waals surface area contributed by atoms with Gasteiger partial charge in [-0.3, -0.25) is 9.78 Å². The minimum atomic E-state index is -0.864. The van der Waals surface area contributed by atoms with Crippen molar-refractivity contribution in [3.8, 4) is 11.1 Å². The van der Waals surface area contributed by atoms with Crippen molar-refractivity contribution < 1.29 is 9.90 Å². The smallest absolute Gasteiger partial charge is 0.319 e. The van der Waals surface area contributed by atoms with Gasteiger partial charge < -0.3 is 5.11 Å². The SMILES string of the molecule is CC(C)(Sc1ccccc1-c1ccc(C2CC2)nc1)C(=O)O. The maximum atomic E-state index is 11.4. The van der Waals surface area contributed by atoms with Crippen molar-refractivity contribution >= 4 is 17.7 Å². The summed E-state index contributed by atoms with van der Waals surface area (Å²) in [4.78, 5) is 16.9. The molecule has 3 nitrogen and oxygen atoms in total. The summed E-state index contributed by atoms with van der Waals surface area (Å²) in [5, 5.41) is 9.34. The third kappa shape index (κ3) is 3.17. The van der Waals surface area contributed by atoms with Gasteiger partial charge in [0, 0.05) is 28.3 Å². The van der Waals surface area contributed by atoms with E-state index < -0.39 is 10.7 Å². The first-order valence-electron chi connectivity index (χ1n) is 7.45. The normalized spacial score (nSPS) is 14.8. The van der Waals surface area contributed by atoms with E-state index in [1.54, 1.807) is 13.8 Å². The molecule has 0 spiro atoms. The third-order valence-corrected chi connectivity index (χ3v) is 5.12. The molecule has 0 amide bonds. The summed E-state index contributed by atoms with van der Waals surface area (Å²) < 4.78 is -0.864. The molecule has 0 bridgehead atoms. The Kier molecular flexibility index (Phi) is 3.96. The molecule has 0 aliphatic heterocycles. The summed E-state index contributed by atoms with van der Waals surface area (Å²) in [7, 11) is 0. The number of carboxylic acids is 1. The molecule has 1 N–H and O–H groups in total. The largest absolute Gasteiger partial charge is 0.480 e. The van der Waals surface area contributed by atoms with Crippen molar-refractivity contribution in [3.05, 3.63) is 48.3 Å². The molecule has 1 aromatic carbocycles. The van der Waals surface area contributed by atoms with Crippen LogP contribution in [0.5, 0.6) is 0 Å². The number of carboxylic acid groups (broad SMARTS) is 1. The van der Waals surface area contributed by atoms with Crippen LogP contribution in [0.4, 0.5) is 0 Å². The van der Waals surface area contributed by atoms with Crippen LogP contribution in [-0.4, -0.2) is 20.8 Å². The standard InChI is InChI=1S/C18H19NO2S/c1-18(2,17(20)21)22-16-6-4-3-5-14(16)13-9-10-15(19-11-13)12-7-8-12/h3-6,9-12H,7-8H2,1-2H3,(H,20,21). The highest BCUT2D eigenvalue weighted by molar-refractivity contribution is 8.01. The average molecular weight is 313 g/mol. The van der Waals surface area contributed by atoms with E-state index in [1.807, 2.05) is 30.5 Å². The van der Waals surface area contributed by atoms with Crippen LogP contribution in [0, 0.1) is 0 Å². The van der Waals surface area contributed by atoms with E-state index in [4.69, 9.17) is 0 Å². The summed E-state index contributed by atoms with van der Waals surface area (Å²) in [6.45, 7) is 3.45. The average Bonchev–Trinajstić information content (AvgIpc) is 3.32. The van der Waals surface area contributed by atoms with Crippen LogP contribution in [-0.2, 0) is 4.79 Å². The molecule has 3 rings (SSSR count). The van der Waals surface area contributed by atoms with E-state index >= 15 is 0 Å². The van der Waals surface area contributed by atoms with Crippen LogP contribution in [0.15, 0.2) is 47.5 Å². The van der Waals surface area contributed by atoms with Gasteiger partial charge >= 0.3 is 5.97 Å². The molecule has 1 aromatic heterocycles. The monoisotopic (exact) mass is 313 g/mol. The molecule has 1 aliphatic carbocycles. The second kappa shape index (κ2) is 5.76. The van der Waals surface area contributed by atoms with Gasteiger partial charge in [-0.25, -0.2) is 0 Å². The van der Waals surface area contributed by atoms with Crippen molar-refractivity contribution in [2.45, 2.75) is 42.2 Å². The number of aromatic nitrogens is 1. The Hall–Kier alpha value is -1.81. The first-order valence-corrected chi connectivity index (χ1v) is 8.27. The lowest BCUT2D eigenvalue weighted by Gasteiger charge is -2.20. The molecule has 0 atom stereocenters. The van der Waals surface area contributed by atoms with E-state index in [0.29, 0.717) is 5.92 Å². The van der Waals surface area contributed by atoms with Gasteiger partial charge in [-0.15, -0.1) is 11.8 Å². The Morgan fingerprint density at radius 2 is 1.95 bits per heavy atom. The van der Waals surface area contributed by atoms with Crippen molar-refractivity contribution in [2.24, 2.45) is 0 Å². The molecule has 0 unspecified atom stereocenters. The van der Waals surface area contributed by atoms with E-state index in [-0.39, 0.29) is 0 Å². The first kappa shape index (κ1) is 15.1. The molecule has 2 aromatic rings. The summed E-state index contributed by atoms with van der Waals surface area (Å²) >= 11 is 1.37. The predicted octanol–water partition coefficient (Wildman–Crippen LogP) is 4.58. The van der Waals surface area contributed by atoms with Crippen LogP contribution in [0.25, 0.3) is 11.1 Å². The van der Waals surface area contributed by atoms with Gasteiger partial charge in [0.05, 0.1) is 0 Å². The van der Waals surface area contributed by atoms with Crippen LogP contribution >= 0.6 is 11.8 Å². The topological polar surface area (TPSA) is 50.2 Å². The van der Waals surface area contributed by atoms with E-state index in [9.17, 15) is 9.90 Å². The maximum Gasteiger partial charge on any atom is 0.319 e. The number of hydrogen-bond donors (Lipinski definition) is 1.